The maximum atomic E-state index is 12.8. The Morgan fingerprint density at radius 3 is 2.42 bits per heavy atom. The monoisotopic (exact) mass is 548 g/mol. The summed E-state index contributed by atoms with van der Waals surface area (Å²) in [6.07, 6.45) is -0.804. The van der Waals surface area contributed by atoms with Crippen LogP contribution in [0.2, 0.25) is 0 Å². The number of rotatable bonds is 7. The molecule has 1 unspecified atom stereocenters. The molecule has 2 aromatic heterocycles. The largest absolute Gasteiger partial charge is 0.436 e. The van der Waals surface area contributed by atoms with Gasteiger partial charge in [0.1, 0.15) is 11.3 Å². The van der Waals surface area contributed by atoms with Crippen LogP contribution in [-0.2, 0) is 6.18 Å². The molecule has 1 fully saturated rings. The number of oxazole rings is 1. The highest BCUT2D eigenvalue weighted by Gasteiger charge is 2.31. The van der Waals surface area contributed by atoms with Gasteiger partial charge in [-0.25, -0.2) is 9.97 Å². The van der Waals surface area contributed by atoms with Gasteiger partial charge in [0.05, 0.1) is 23.3 Å². The standard InChI is InChI=1S/C31H31F3N4O2/c1-19(2)25-15-21(17-35)16-26-29(25)40-30(37-26)23-6-4-22(5-7-23)27(39)9-3-20-11-13-38(14-12-20)28-10-8-24(18-36-28)31(32,33)34/h4-8,10,15-16,18-20,27,39H,3,9,11-14H2,1-2H3. The molecule has 0 amide bonds. The molecule has 40 heavy (non-hydrogen) atoms. The van der Waals surface area contributed by atoms with E-state index in [1.54, 1.807) is 6.07 Å². The quantitative estimate of drug-likeness (QED) is 0.256. The molecule has 4 aromatic rings. The minimum atomic E-state index is -4.38. The van der Waals surface area contributed by atoms with Gasteiger partial charge in [-0.1, -0.05) is 26.0 Å². The van der Waals surface area contributed by atoms with Crippen molar-refractivity contribution in [2.45, 2.75) is 57.7 Å². The highest BCUT2D eigenvalue weighted by atomic mass is 19.4. The number of pyridine rings is 1. The van der Waals surface area contributed by atoms with Crippen molar-refractivity contribution in [2.75, 3.05) is 18.0 Å². The Hall–Kier alpha value is -3.90. The minimum Gasteiger partial charge on any atom is -0.436 e. The zero-order chi connectivity index (χ0) is 28.4. The predicted octanol–water partition coefficient (Wildman–Crippen LogP) is 7.63. The molecule has 2 aromatic carbocycles. The number of hydrogen-bond acceptors (Lipinski definition) is 6. The average Bonchev–Trinajstić information content (AvgIpc) is 3.39. The normalized spacial score (nSPS) is 15.5. The number of hydrogen-bond donors (Lipinski definition) is 1. The lowest BCUT2D eigenvalue weighted by Gasteiger charge is -2.33. The van der Waals surface area contributed by atoms with E-state index in [4.69, 9.17) is 4.42 Å². The smallest absolute Gasteiger partial charge is 0.417 e. The topological polar surface area (TPSA) is 86.2 Å². The van der Waals surface area contributed by atoms with Crippen LogP contribution in [0.1, 0.15) is 73.8 Å². The summed E-state index contributed by atoms with van der Waals surface area (Å²) in [7, 11) is 0. The van der Waals surface area contributed by atoms with E-state index in [2.05, 4.69) is 16.0 Å². The van der Waals surface area contributed by atoms with Gasteiger partial charge in [0.2, 0.25) is 5.89 Å². The molecular formula is C31H31F3N4O2. The summed E-state index contributed by atoms with van der Waals surface area (Å²) in [5.74, 6) is 1.66. The van der Waals surface area contributed by atoms with Crippen molar-refractivity contribution in [1.29, 1.82) is 5.26 Å². The zero-order valence-corrected chi connectivity index (χ0v) is 22.4. The summed E-state index contributed by atoms with van der Waals surface area (Å²) >= 11 is 0. The third-order valence-electron chi connectivity index (χ3n) is 7.67. The average molecular weight is 549 g/mol. The number of benzene rings is 2. The molecule has 6 nitrogen and oxygen atoms in total. The minimum absolute atomic E-state index is 0.183. The Kier molecular flexibility index (Phi) is 7.81. The number of nitriles is 1. The van der Waals surface area contributed by atoms with Gasteiger partial charge in [0, 0.05) is 30.4 Å². The fourth-order valence-corrected chi connectivity index (χ4v) is 5.28. The molecule has 1 saturated heterocycles. The van der Waals surface area contributed by atoms with E-state index in [1.807, 2.05) is 49.1 Å². The number of aromatic nitrogens is 2. The SMILES string of the molecule is CC(C)c1cc(C#N)cc2nc(-c3ccc(C(O)CCC4CCN(c5ccc(C(F)(F)F)cn5)CC4)cc3)oc12. The van der Waals surface area contributed by atoms with Crippen LogP contribution in [0.15, 0.2) is 59.1 Å². The number of fused-ring (bicyclic) bond motifs is 1. The first-order valence-electron chi connectivity index (χ1n) is 13.5. The van der Waals surface area contributed by atoms with Gasteiger partial charge in [-0.15, -0.1) is 0 Å². The van der Waals surface area contributed by atoms with E-state index >= 15 is 0 Å². The van der Waals surface area contributed by atoms with Crippen LogP contribution in [0.25, 0.3) is 22.6 Å². The van der Waals surface area contributed by atoms with Crippen molar-refractivity contribution < 1.29 is 22.7 Å². The van der Waals surface area contributed by atoms with Crippen LogP contribution in [0, 0.1) is 17.2 Å². The number of aliphatic hydroxyl groups excluding tert-OH is 1. The Labute approximate surface area is 231 Å². The Bertz CT molecular complexity index is 1500. The summed E-state index contributed by atoms with van der Waals surface area (Å²) in [4.78, 5) is 10.6. The number of nitrogens with zero attached hydrogens (tertiary/aromatic N) is 4. The van der Waals surface area contributed by atoms with Crippen LogP contribution in [0.3, 0.4) is 0 Å². The number of piperidine rings is 1. The molecule has 1 atom stereocenters. The lowest BCUT2D eigenvalue weighted by atomic mass is 9.89. The van der Waals surface area contributed by atoms with E-state index in [9.17, 15) is 23.5 Å². The van der Waals surface area contributed by atoms with Crippen LogP contribution >= 0.6 is 0 Å². The molecule has 208 valence electrons. The molecule has 0 saturated carbocycles. The van der Waals surface area contributed by atoms with Crippen LogP contribution < -0.4 is 4.90 Å². The lowest BCUT2D eigenvalue weighted by Crippen LogP contribution is -2.34. The van der Waals surface area contributed by atoms with Gasteiger partial charge in [0.25, 0.3) is 0 Å². The molecule has 3 heterocycles. The van der Waals surface area contributed by atoms with E-state index in [-0.39, 0.29) is 5.92 Å². The first-order valence-corrected chi connectivity index (χ1v) is 13.5. The van der Waals surface area contributed by atoms with Gasteiger partial charge in [-0.05, 0) is 79.5 Å². The molecule has 5 rings (SSSR count). The lowest BCUT2D eigenvalue weighted by molar-refractivity contribution is -0.137. The summed E-state index contributed by atoms with van der Waals surface area (Å²) in [5, 5.41) is 20.2. The van der Waals surface area contributed by atoms with Crippen molar-refractivity contribution >= 4 is 16.9 Å². The zero-order valence-electron chi connectivity index (χ0n) is 22.4. The highest BCUT2D eigenvalue weighted by Crippen LogP contribution is 2.34. The summed E-state index contributed by atoms with van der Waals surface area (Å²) in [6.45, 7) is 5.56. The number of halogens is 3. The molecular weight excluding hydrogens is 517 g/mol. The second-order valence-electron chi connectivity index (χ2n) is 10.7. The summed E-state index contributed by atoms with van der Waals surface area (Å²) < 4.78 is 44.5. The maximum absolute atomic E-state index is 12.8. The Morgan fingerprint density at radius 1 is 1.10 bits per heavy atom. The van der Waals surface area contributed by atoms with Crippen molar-refractivity contribution in [3.05, 3.63) is 77.0 Å². The van der Waals surface area contributed by atoms with Gasteiger partial charge in [0.15, 0.2) is 5.58 Å². The van der Waals surface area contributed by atoms with Crippen LogP contribution in [0.4, 0.5) is 19.0 Å². The van der Waals surface area contributed by atoms with E-state index in [0.717, 1.165) is 61.3 Å². The van der Waals surface area contributed by atoms with E-state index in [0.29, 0.717) is 40.7 Å². The van der Waals surface area contributed by atoms with E-state index < -0.39 is 17.8 Å². The predicted molar refractivity (Wildman–Crippen MR) is 147 cm³/mol. The summed E-state index contributed by atoms with van der Waals surface area (Å²) in [5.41, 5.74) is 3.72. The first kappa shape index (κ1) is 27.7. The highest BCUT2D eigenvalue weighted by molar-refractivity contribution is 5.81. The Morgan fingerprint density at radius 2 is 1.82 bits per heavy atom. The van der Waals surface area contributed by atoms with Crippen molar-refractivity contribution in [1.82, 2.24) is 9.97 Å². The Balaban J connectivity index is 1.16. The summed E-state index contributed by atoms with van der Waals surface area (Å²) in [6, 6.07) is 15.8. The van der Waals surface area contributed by atoms with Gasteiger partial charge in [-0.2, -0.15) is 18.4 Å². The molecule has 1 N–H and O–H groups in total. The number of anilines is 1. The van der Waals surface area contributed by atoms with Crippen molar-refractivity contribution in [2.24, 2.45) is 5.92 Å². The first-order chi connectivity index (χ1) is 19.1. The third kappa shape index (κ3) is 5.97. The molecule has 0 aliphatic carbocycles. The van der Waals surface area contributed by atoms with Gasteiger partial charge < -0.3 is 14.4 Å². The molecule has 9 heteroatoms. The number of alkyl halides is 3. The fourth-order valence-electron chi connectivity index (χ4n) is 5.28. The molecule has 1 aliphatic rings. The van der Waals surface area contributed by atoms with Gasteiger partial charge >= 0.3 is 6.18 Å². The van der Waals surface area contributed by atoms with Crippen LogP contribution in [-0.4, -0.2) is 28.2 Å². The van der Waals surface area contributed by atoms with Crippen LogP contribution in [0.5, 0.6) is 0 Å². The second kappa shape index (κ2) is 11.3. The van der Waals surface area contributed by atoms with Crippen molar-refractivity contribution in [3.8, 4) is 17.5 Å². The van der Waals surface area contributed by atoms with E-state index in [1.165, 1.54) is 6.07 Å². The molecule has 0 bridgehead atoms. The molecule has 0 radical (unpaired) electrons. The van der Waals surface area contributed by atoms with Crippen molar-refractivity contribution in [3.63, 3.8) is 0 Å². The molecule has 0 spiro atoms. The molecule has 1 aliphatic heterocycles. The third-order valence-corrected chi connectivity index (χ3v) is 7.67. The van der Waals surface area contributed by atoms with Gasteiger partial charge in [-0.3, -0.25) is 0 Å². The maximum Gasteiger partial charge on any atom is 0.417 e. The fraction of sp³-hybridized carbons (Fsp3) is 0.387. The number of aliphatic hydroxyl groups is 1. The second-order valence-corrected chi connectivity index (χ2v) is 10.7.